The number of nitrogens with zero attached hydrogens (tertiary/aromatic N) is 3. The van der Waals surface area contributed by atoms with Crippen LogP contribution in [0.3, 0.4) is 0 Å². The normalized spacial score (nSPS) is 22.4. The van der Waals surface area contributed by atoms with E-state index < -0.39 is 0 Å². The fraction of sp³-hybridized carbons (Fsp3) is 0.625. The van der Waals surface area contributed by atoms with Crippen molar-refractivity contribution >= 4 is 5.91 Å². The fourth-order valence-corrected chi connectivity index (χ4v) is 3.18. The zero-order chi connectivity index (χ0) is 14.7. The zero-order valence-electron chi connectivity index (χ0n) is 12.6. The fourth-order valence-electron chi connectivity index (χ4n) is 3.18. The molecule has 5 heteroatoms. The van der Waals surface area contributed by atoms with Gasteiger partial charge in [-0.2, -0.15) is 0 Å². The number of likely N-dealkylation sites (tertiary alicyclic amines) is 1. The Morgan fingerprint density at radius 1 is 1.38 bits per heavy atom. The lowest BCUT2D eigenvalue weighted by atomic mass is 9.89. The Hall–Kier alpha value is -1.46. The Balaban J connectivity index is 1.62. The minimum Gasteiger partial charge on any atom is -0.371 e. The molecule has 0 unspecified atom stereocenters. The summed E-state index contributed by atoms with van der Waals surface area (Å²) in [5.74, 6) is 0.185. The molecule has 2 fully saturated rings. The van der Waals surface area contributed by atoms with Crippen molar-refractivity contribution in [1.29, 1.82) is 0 Å². The number of carbonyl (C=O) groups excluding carboxylic acids is 1. The number of rotatable bonds is 2. The van der Waals surface area contributed by atoms with E-state index in [1.807, 2.05) is 17.0 Å². The summed E-state index contributed by atoms with van der Waals surface area (Å²) in [6.45, 7) is 4.19. The van der Waals surface area contributed by atoms with Gasteiger partial charge in [-0.25, -0.2) is 0 Å². The van der Waals surface area contributed by atoms with E-state index in [2.05, 4.69) is 16.9 Å². The molecule has 2 aliphatic heterocycles. The van der Waals surface area contributed by atoms with Crippen molar-refractivity contribution in [2.24, 2.45) is 0 Å². The highest BCUT2D eigenvalue weighted by Crippen LogP contribution is 2.29. The molecule has 1 amide bonds. The molecule has 5 nitrogen and oxygen atoms in total. The first-order chi connectivity index (χ1) is 10.2. The van der Waals surface area contributed by atoms with Crippen LogP contribution in [-0.4, -0.2) is 66.1 Å². The second kappa shape index (κ2) is 6.12. The van der Waals surface area contributed by atoms with Crippen LogP contribution in [0.4, 0.5) is 0 Å². The Morgan fingerprint density at radius 3 is 2.90 bits per heavy atom. The van der Waals surface area contributed by atoms with Crippen LogP contribution >= 0.6 is 0 Å². The topological polar surface area (TPSA) is 45.7 Å². The molecule has 0 N–H and O–H groups in total. The number of hydrogen-bond acceptors (Lipinski definition) is 4. The predicted molar refractivity (Wildman–Crippen MR) is 79.9 cm³/mol. The van der Waals surface area contributed by atoms with E-state index in [1.54, 1.807) is 12.4 Å². The summed E-state index contributed by atoms with van der Waals surface area (Å²) in [5, 5.41) is 0. The number of ether oxygens (including phenoxy) is 1. The SMILES string of the molecule is CN1CCC2(CC1)CN(C(=O)Cc1cccnc1)CCO2. The maximum Gasteiger partial charge on any atom is 0.227 e. The standard InChI is InChI=1S/C16H23N3O2/c1-18-7-4-16(5-8-18)13-19(9-10-21-16)15(20)11-14-3-2-6-17-12-14/h2-3,6,12H,4-5,7-11,13H2,1H3. The summed E-state index contributed by atoms with van der Waals surface area (Å²) >= 11 is 0. The molecule has 1 aromatic heterocycles. The highest BCUT2D eigenvalue weighted by atomic mass is 16.5. The van der Waals surface area contributed by atoms with Gasteiger partial charge in [0.15, 0.2) is 0 Å². The first kappa shape index (κ1) is 14.5. The molecule has 3 rings (SSSR count). The van der Waals surface area contributed by atoms with Gasteiger partial charge in [-0.1, -0.05) is 6.07 Å². The maximum atomic E-state index is 12.5. The summed E-state index contributed by atoms with van der Waals surface area (Å²) in [5.41, 5.74) is 0.862. The van der Waals surface area contributed by atoms with Crippen LogP contribution in [0.15, 0.2) is 24.5 Å². The molecular formula is C16H23N3O2. The lowest BCUT2D eigenvalue weighted by Gasteiger charge is -2.46. The van der Waals surface area contributed by atoms with Crippen molar-refractivity contribution in [1.82, 2.24) is 14.8 Å². The molecule has 114 valence electrons. The molecule has 21 heavy (non-hydrogen) atoms. The van der Waals surface area contributed by atoms with Gasteiger partial charge in [-0.05, 0) is 31.5 Å². The number of pyridine rings is 1. The minimum atomic E-state index is -0.116. The minimum absolute atomic E-state index is 0.116. The van der Waals surface area contributed by atoms with Crippen LogP contribution in [0.2, 0.25) is 0 Å². The van der Waals surface area contributed by atoms with Gasteiger partial charge in [0.2, 0.25) is 5.91 Å². The summed E-state index contributed by atoms with van der Waals surface area (Å²) in [6.07, 6.45) is 5.96. The van der Waals surface area contributed by atoms with Gasteiger partial charge in [-0.15, -0.1) is 0 Å². The molecular weight excluding hydrogens is 266 g/mol. The van der Waals surface area contributed by atoms with Gasteiger partial charge in [0.05, 0.1) is 18.6 Å². The highest BCUT2D eigenvalue weighted by molar-refractivity contribution is 5.78. The van der Waals surface area contributed by atoms with Gasteiger partial charge in [-0.3, -0.25) is 9.78 Å². The van der Waals surface area contributed by atoms with Crippen molar-refractivity contribution in [3.63, 3.8) is 0 Å². The molecule has 0 bridgehead atoms. The second-order valence-corrected chi connectivity index (χ2v) is 6.19. The highest BCUT2D eigenvalue weighted by Gasteiger charge is 2.40. The molecule has 0 atom stereocenters. The lowest BCUT2D eigenvalue weighted by Crippen LogP contribution is -2.57. The van der Waals surface area contributed by atoms with E-state index in [4.69, 9.17) is 4.74 Å². The first-order valence-corrected chi connectivity index (χ1v) is 7.66. The van der Waals surface area contributed by atoms with Gasteiger partial charge >= 0.3 is 0 Å². The quantitative estimate of drug-likeness (QED) is 0.813. The van der Waals surface area contributed by atoms with Gasteiger partial charge < -0.3 is 14.5 Å². The van der Waals surface area contributed by atoms with Crippen LogP contribution in [0, 0.1) is 0 Å². The number of aromatic nitrogens is 1. The van der Waals surface area contributed by atoms with Crippen LogP contribution in [-0.2, 0) is 16.0 Å². The molecule has 0 radical (unpaired) electrons. The molecule has 0 aromatic carbocycles. The summed E-state index contributed by atoms with van der Waals surface area (Å²) in [7, 11) is 2.14. The van der Waals surface area contributed by atoms with E-state index in [0.29, 0.717) is 19.6 Å². The first-order valence-electron chi connectivity index (χ1n) is 7.66. The van der Waals surface area contributed by atoms with Crippen molar-refractivity contribution in [3.05, 3.63) is 30.1 Å². The van der Waals surface area contributed by atoms with E-state index >= 15 is 0 Å². The Labute approximate surface area is 125 Å². The smallest absolute Gasteiger partial charge is 0.227 e. The lowest BCUT2D eigenvalue weighted by molar-refractivity contribution is -0.158. The summed E-state index contributed by atoms with van der Waals surface area (Å²) in [6, 6.07) is 3.83. The summed E-state index contributed by atoms with van der Waals surface area (Å²) < 4.78 is 6.05. The predicted octanol–water partition coefficient (Wildman–Crippen LogP) is 0.947. The molecule has 0 saturated carbocycles. The second-order valence-electron chi connectivity index (χ2n) is 6.19. The van der Waals surface area contributed by atoms with Crippen molar-refractivity contribution < 1.29 is 9.53 Å². The van der Waals surface area contributed by atoms with E-state index in [9.17, 15) is 4.79 Å². The third kappa shape index (κ3) is 3.41. The van der Waals surface area contributed by atoms with Crippen molar-refractivity contribution in [3.8, 4) is 0 Å². The molecule has 2 saturated heterocycles. The average Bonchev–Trinajstić information content (AvgIpc) is 2.52. The Bertz CT molecular complexity index is 484. The van der Waals surface area contributed by atoms with Gasteiger partial charge in [0.1, 0.15) is 0 Å². The molecule has 1 spiro atoms. The van der Waals surface area contributed by atoms with Gasteiger partial charge in [0.25, 0.3) is 0 Å². The maximum absolute atomic E-state index is 12.5. The number of piperidine rings is 1. The van der Waals surface area contributed by atoms with Crippen molar-refractivity contribution in [2.75, 3.05) is 39.8 Å². The van der Waals surface area contributed by atoms with Gasteiger partial charge in [0, 0.05) is 38.6 Å². The average molecular weight is 289 g/mol. The molecule has 1 aromatic rings. The molecule has 2 aliphatic rings. The van der Waals surface area contributed by atoms with E-state index in [1.165, 1.54) is 0 Å². The van der Waals surface area contributed by atoms with Crippen LogP contribution < -0.4 is 0 Å². The van der Waals surface area contributed by atoms with Crippen LogP contribution in [0.25, 0.3) is 0 Å². The number of hydrogen-bond donors (Lipinski definition) is 0. The monoisotopic (exact) mass is 289 g/mol. The third-order valence-corrected chi connectivity index (χ3v) is 4.58. The molecule has 3 heterocycles. The number of morpholine rings is 1. The largest absolute Gasteiger partial charge is 0.371 e. The third-order valence-electron chi connectivity index (χ3n) is 4.58. The Morgan fingerprint density at radius 2 is 2.19 bits per heavy atom. The molecule has 0 aliphatic carbocycles. The Kier molecular flexibility index (Phi) is 4.22. The van der Waals surface area contributed by atoms with E-state index in [-0.39, 0.29) is 11.5 Å². The van der Waals surface area contributed by atoms with E-state index in [0.717, 1.165) is 38.0 Å². The number of carbonyl (C=O) groups is 1. The number of amides is 1. The zero-order valence-corrected chi connectivity index (χ0v) is 12.6. The van der Waals surface area contributed by atoms with Crippen LogP contribution in [0.1, 0.15) is 18.4 Å². The van der Waals surface area contributed by atoms with Crippen LogP contribution in [0.5, 0.6) is 0 Å². The van der Waals surface area contributed by atoms with Crippen molar-refractivity contribution in [2.45, 2.75) is 24.9 Å². The summed E-state index contributed by atoms with van der Waals surface area (Å²) in [4.78, 5) is 20.9.